The molecule has 0 bridgehead atoms. The highest BCUT2D eigenvalue weighted by Crippen LogP contribution is 2.07. The molecule has 1 aromatic rings. The van der Waals surface area contributed by atoms with Crippen LogP contribution in [0.2, 0.25) is 0 Å². The summed E-state index contributed by atoms with van der Waals surface area (Å²) in [5.41, 5.74) is 6.64. The summed E-state index contributed by atoms with van der Waals surface area (Å²) < 4.78 is 24.2. The van der Waals surface area contributed by atoms with E-state index < -0.39 is 21.1 Å². The first-order valence-corrected chi connectivity index (χ1v) is 6.69. The minimum Gasteiger partial charge on any atom is -0.326 e. The molecule has 0 saturated carbocycles. The average Bonchev–Trinajstić information content (AvgIpc) is 2.48. The summed E-state index contributed by atoms with van der Waals surface area (Å²) in [5, 5.41) is 3.61. The summed E-state index contributed by atoms with van der Waals surface area (Å²) >= 11 is 0. The van der Waals surface area contributed by atoms with E-state index in [9.17, 15) is 8.42 Å². The van der Waals surface area contributed by atoms with Gasteiger partial charge in [0.1, 0.15) is 0 Å². The second kappa shape index (κ2) is 4.32. The largest absolute Gasteiger partial charge is 0.326 e. The van der Waals surface area contributed by atoms with Gasteiger partial charge in [-0.2, -0.15) is 5.10 Å². The normalized spacial score (nSPS) is 16.3. The van der Waals surface area contributed by atoms with Gasteiger partial charge in [0.15, 0.2) is 9.84 Å². The van der Waals surface area contributed by atoms with Gasteiger partial charge >= 0.3 is 0 Å². The smallest absolute Gasteiger partial charge is 0.151 e. The molecule has 0 aliphatic carbocycles. The van der Waals surface area contributed by atoms with Gasteiger partial charge in [-0.1, -0.05) is 0 Å². The maximum absolute atomic E-state index is 11.3. The number of rotatable bonds is 4. The molecule has 1 heterocycles. The van der Waals surface area contributed by atoms with Crippen LogP contribution in [0, 0.1) is 0 Å². The van der Waals surface area contributed by atoms with Crippen LogP contribution in [-0.4, -0.2) is 35.7 Å². The molecule has 0 saturated heterocycles. The number of hydrogen-bond acceptors (Lipinski definition) is 4. The Balaban J connectivity index is 2.68. The fourth-order valence-corrected chi connectivity index (χ4v) is 2.03. The summed E-state index contributed by atoms with van der Waals surface area (Å²) in [5.74, 6) is 0. The maximum atomic E-state index is 11.3. The Kier molecular flexibility index (Phi) is 3.51. The molecule has 0 amide bonds. The van der Waals surface area contributed by atoms with Gasteiger partial charge < -0.3 is 5.73 Å². The molecule has 0 radical (unpaired) electrons. The van der Waals surface area contributed by atoms with Gasteiger partial charge in [-0.05, 0) is 13.0 Å². The highest BCUT2D eigenvalue weighted by molar-refractivity contribution is 7.91. The third kappa shape index (κ3) is 3.32. The molecule has 2 N–H and O–H groups in total. The first kappa shape index (κ1) is 12.2. The zero-order chi connectivity index (χ0) is 11.6. The van der Waals surface area contributed by atoms with Gasteiger partial charge in [0.05, 0.1) is 10.9 Å². The Bertz CT molecular complexity index is 424. The molecule has 2 unspecified atom stereocenters. The summed E-state index contributed by atoms with van der Waals surface area (Å²) in [4.78, 5) is 0. The van der Waals surface area contributed by atoms with E-state index in [1.807, 2.05) is 19.3 Å². The molecule has 0 spiro atoms. The van der Waals surface area contributed by atoms with Crippen molar-refractivity contribution in [1.82, 2.24) is 9.78 Å². The van der Waals surface area contributed by atoms with Crippen molar-refractivity contribution >= 4 is 9.84 Å². The molecule has 1 rings (SSSR count). The molecule has 2 atom stereocenters. The Morgan fingerprint density at radius 2 is 2.20 bits per heavy atom. The number of hydrogen-bond donors (Lipinski definition) is 1. The van der Waals surface area contributed by atoms with Crippen LogP contribution in [0.15, 0.2) is 12.3 Å². The molecule has 0 aliphatic rings. The lowest BCUT2D eigenvalue weighted by atomic mass is 10.1. The highest BCUT2D eigenvalue weighted by atomic mass is 32.2. The summed E-state index contributed by atoms with van der Waals surface area (Å²) in [6, 6.07) is 1.43. The van der Waals surface area contributed by atoms with E-state index in [2.05, 4.69) is 5.10 Å². The van der Waals surface area contributed by atoms with Crippen molar-refractivity contribution in [3.05, 3.63) is 18.0 Å². The van der Waals surface area contributed by atoms with E-state index in [1.54, 1.807) is 11.6 Å². The first-order chi connectivity index (χ1) is 6.80. The van der Waals surface area contributed by atoms with E-state index in [1.165, 1.54) is 6.26 Å². The molecule has 86 valence electrons. The molecule has 15 heavy (non-hydrogen) atoms. The molecule has 0 aliphatic heterocycles. The fraction of sp³-hybridized carbons (Fsp3) is 0.667. The summed E-state index contributed by atoms with van der Waals surface area (Å²) in [6.45, 7) is 1.63. The van der Waals surface area contributed by atoms with E-state index in [0.29, 0.717) is 6.42 Å². The maximum Gasteiger partial charge on any atom is 0.151 e. The Hall–Kier alpha value is -0.880. The Morgan fingerprint density at radius 3 is 2.60 bits per heavy atom. The molecule has 0 fully saturated rings. The number of nitrogens with two attached hydrogens (primary N) is 1. The molecular weight excluding hydrogens is 214 g/mol. The van der Waals surface area contributed by atoms with Crippen LogP contribution in [0.25, 0.3) is 0 Å². The number of nitrogens with zero attached hydrogens (tertiary/aromatic N) is 2. The Labute approximate surface area is 90.2 Å². The van der Waals surface area contributed by atoms with Gasteiger partial charge in [0, 0.05) is 32.0 Å². The van der Waals surface area contributed by atoms with Gasteiger partial charge in [0.25, 0.3) is 0 Å². The third-order valence-corrected chi connectivity index (χ3v) is 4.19. The number of sulfone groups is 1. The number of aromatic nitrogens is 2. The SMILES string of the molecule is CC(C(N)Cc1ccn(C)n1)S(C)(=O)=O. The van der Waals surface area contributed by atoms with Crippen molar-refractivity contribution in [2.45, 2.75) is 24.6 Å². The fourth-order valence-electron chi connectivity index (χ4n) is 1.30. The first-order valence-electron chi connectivity index (χ1n) is 4.73. The molecule has 1 aromatic heterocycles. The van der Waals surface area contributed by atoms with Crippen molar-refractivity contribution < 1.29 is 8.42 Å². The van der Waals surface area contributed by atoms with Crippen LogP contribution in [0.4, 0.5) is 0 Å². The lowest BCUT2D eigenvalue weighted by Gasteiger charge is -2.16. The van der Waals surface area contributed by atoms with Crippen LogP contribution in [0.3, 0.4) is 0 Å². The lowest BCUT2D eigenvalue weighted by molar-refractivity contribution is 0.558. The minimum atomic E-state index is -3.07. The molecule has 6 heteroatoms. The van der Waals surface area contributed by atoms with Gasteiger partial charge in [-0.25, -0.2) is 8.42 Å². The van der Waals surface area contributed by atoms with Gasteiger partial charge in [0.2, 0.25) is 0 Å². The number of aryl methyl sites for hydroxylation is 1. The van der Waals surface area contributed by atoms with Crippen molar-refractivity contribution in [2.75, 3.05) is 6.26 Å². The second-order valence-corrected chi connectivity index (χ2v) is 6.29. The van der Waals surface area contributed by atoms with Crippen molar-refractivity contribution in [3.63, 3.8) is 0 Å². The molecular formula is C9H17N3O2S. The zero-order valence-electron chi connectivity index (χ0n) is 9.21. The zero-order valence-corrected chi connectivity index (χ0v) is 10.0. The van der Waals surface area contributed by atoms with Crippen molar-refractivity contribution in [3.8, 4) is 0 Å². The molecule has 5 nitrogen and oxygen atoms in total. The average molecular weight is 231 g/mol. The van der Waals surface area contributed by atoms with Crippen LogP contribution in [0.5, 0.6) is 0 Å². The summed E-state index contributed by atoms with van der Waals surface area (Å²) in [6.07, 6.45) is 3.50. The topological polar surface area (TPSA) is 78.0 Å². The van der Waals surface area contributed by atoms with E-state index in [-0.39, 0.29) is 0 Å². The van der Waals surface area contributed by atoms with E-state index in [0.717, 1.165) is 5.69 Å². The van der Waals surface area contributed by atoms with E-state index in [4.69, 9.17) is 5.73 Å². The van der Waals surface area contributed by atoms with Crippen LogP contribution < -0.4 is 5.73 Å². The standard InChI is InChI=1S/C9H17N3O2S/c1-7(15(3,13)14)9(10)6-8-4-5-12(2)11-8/h4-5,7,9H,6,10H2,1-3H3. The van der Waals surface area contributed by atoms with Gasteiger partial charge in [-0.15, -0.1) is 0 Å². The monoisotopic (exact) mass is 231 g/mol. The van der Waals surface area contributed by atoms with Crippen LogP contribution in [-0.2, 0) is 23.3 Å². The van der Waals surface area contributed by atoms with Crippen LogP contribution >= 0.6 is 0 Å². The second-order valence-electron chi connectivity index (χ2n) is 3.88. The summed E-state index contributed by atoms with van der Waals surface area (Å²) in [7, 11) is -1.26. The van der Waals surface area contributed by atoms with Gasteiger partial charge in [-0.3, -0.25) is 4.68 Å². The van der Waals surface area contributed by atoms with Crippen molar-refractivity contribution in [1.29, 1.82) is 0 Å². The quantitative estimate of drug-likeness (QED) is 0.773. The van der Waals surface area contributed by atoms with Crippen LogP contribution in [0.1, 0.15) is 12.6 Å². The molecule has 0 aromatic carbocycles. The Morgan fingerprint density at radius 1 is 1.60 bits per heavy atom. The van der Waals surface area contributed by atoms with Crippen molar-refractivity contribution in [2.24, 2.45) is 12.8 Å². The predicted molar refractivity (Wildman–Crippen MR) is 59.2 cm³/mol. The highest BCUT2D eigenvalue weighted by Gasteiger charge is 2.23. The lowest BCUT2D eigenvalue weighted by Crippen LogP contribution is -2.39. The van der Waals surface area contributed by atoms with E-state index >= 15 is 0 Å². The minimum absolute atomic E-state index is 0.408. The predicted octanol–water partition coefficient (Wildman–Crippen LogP) is -0.277. The third-order valence-electron chi connectivity index (χ3n) is 2.49.